The van der Waals surface area contributed by atoms with Gasteiger partial charge >= 0.3 is 0 Å². The van der Waals surface area contributed by atoms with Crippen LogP contribution in [0.3, 0.4) is 0 Å². The van der Waals surface area contributed by atoms with Crippen LogP contribution in [0.2, 0.25) is 0 Å². The number of carbonyl (C=O) groups excluding carboxylic acids is 1. The van der Waals surface area contributed by atoms with Gasteiger partial charge in [-0.05, 0) is 38.1 Å². The second-order valence-electron chi connectivity index (χ2n) is 5.76. The predicted molar refractivity (Wildman–Crippen MR) is 87.1 cm³/mol. The number of para-hydroxylation sites is 1. The summed E-state index contributed by atoms with van der Waals surface area (Å²) >= 11 is 0. The van der Waals surface area contributed by atoms with E-state index in [0.717, 1.165) is 11.1 Å². The summed E-state index contributed by atoms with van der Waals surface area (Å²) in [5.74, 6) is 0.130. The normalized spacial score (nSPS) is 13.7. The Morgan fingerprint density at radius 3 is 2.83 bits per heavy atom. The molecule has 1 atom stereocenters. The fourth-order valence-electron chi connectivity index (χ4n) is 2.45. The third-order valence-electron chi connectivity index (χ3n) is 3.75. The second kappa shape index (κ2) is 5.85. The summed E-state index contributed by atoms with van der Waals surface area (Å²) in [7, 11) is 0. The molecule has 0 saturated carbocycles. The number of hydrogen-bond acceptors (Lipinski definition) is 4. The Kier molecular flexibility index (Phi) is 3.88. The molecule has 5 heteroatoms. The minimum Gasteiger partial charge on any atom is -0.466 e. The number of hydrogen-bond donors (Lipinski definition) is 2. The maximum Gasteiger partial charge on any atom is 0.253 e. The first-order valence-electron chi connectivity index (χ1n) is 7.38. The van der Waals surface area contributed by atoms with Gasteiger partial charge < -0.3 is 14.8 Å². The summed E-state index contributed by atoms with van der Waals surface area (Å²) in [5, 5.41) is 14.1. The first-order valence-corrected chi connectivity index (χ1v) is 7.38. The van der Waals surface area contributed by atoms with E-state index in [1.807, 2.05) is 31.2 Å². The van der Waals surface area contributed by atoms with E-state index in [0.29, 0.717) is 16.8 Å². The van der Waals surface area contributed by atoms with Gasteiger partial charge in [0.2, 0.25) is 0 Å². The standard InChI is InChI=1S/C18H18N2O3/c1-12-8-9-13-5-3-6-14(16(13)20-12)17(21)19-11-18(2,22)15-7-4-10-23-15/h3-10,22H,11H2,1-2H3,(H,19,21). The number of carbonyl (C=O) groups is 1. The molecule has 0 fully saturated rings. The Morgan fingerprint density at radius 1 is 1.26 bits per heavy atom. The number of fused-ring (bicyclic) bond motifs is 1. The molecule has 1 amide bonds. The van der Waals surface area contributed by atoms with E-state index in [-0.39, 0.29) is 12.5 Å². The fraction of sp³-hybridized carbons (Fsp3) is 0.222. The number of nitrogens with one attached hydrogen (secondary N) is 1. The van der Waals surface area contributed by atoms with Crippen molar-refractivity contribution in [1.82, 2.24) is 10.3 Å². The molecular formula is C18H18N2O3. The number of aromatic nitrogens is 1. The van der Waals surface area contributed by atoms with Crippen molar-refractivity contribution in [2.75, 3.05) is 6.54 Å². The number of aliphatic hydroxyl groups is 1. The second-order valence-corrected chi connectivity index (χ2v) is 5.76. The molecular weight excluding hydrogens is 292 g/mol. The Bertz CT molecular complexity index is 839. The highest BCUT2D eigenvalue weighted by molar-refractivity contribution is 6.05. The third kappa shape index (κ3) is 3.10. The number of rotatable bonds is 4. The van der Waals surface area contributed by atoms with Crippen LogP contribution in [0.25, 0.3) is 10.9 Å². The van der Waals surface area contributed by atoms with Gasteiger partial charge in [-0.2, -0.15) is 0 Å². The van der Waals surface area contributed by atoms with Crippen LogP contribution in [0, 0.1) is 6.92 Å². The van der Waals surface area contributed by atoms with Crippen LogP contribution in [0.15, 0.2) is 53.1 Å². The summed E-state index contributed by atoms with van der Waals surface area (Å²) in [6, 6.07) is 12.7. The maximum absolute atomic E-state index is 12.5. The molecule has 2 heterocycles. The van der Waals surface area contributed by atoms with Gasteiger partial charge in [0, 0.05) is 11.1 Å². The highest BCUT2D eigenvalue weighted by Gasteiger charge is 2.27. The summed E-state index contributed by atoms with van der Waals surface area (Å²) in [6.45, 7) is 3.52. The van der Waals surface area contributed by atoms with Gasteiger partial charge in [0.25, 0.3) is 5.91 Å². The molecule has 0 aliphatic heterocycles. The third-order valence-corrected chi connectivity index (χ3v) is 3.75. The van der Waals surface area contributed by atoms with Crippen molar-refractivity contribution in [3.8, 4) is 0 Å². The van der Waals surface area contributed by atoms with Crippen molar-refractivity contribution < 1.29 is 14.3 Å². The van der Waals surface area contributed by atoms with Gasteiger partial charge in [-0.25, -0.2) is 0 Å². The largest absolute Gasteiger partial charge is 0.466 e. The Hall–Kier alpha value is -2.66. The lowest BCUT2D eigenvalue weighted by Crippen LogP contribution is -2.38. The fourth-order valence-corrected chi connectivity index (χ4v) is 2.45. The highest BCUT2D eigenvalue weighted by Crippen LogP contribution is 2.21. The quantitative estimate of drug-likeness (QED) is 0.777. The molecule has 0 aliphatic carbocycles. The monoisotopic (exact) mass is 310 g/mol. The van der Waals surface area contributed by atoms with Crippen molar-refractivity contribution in [2.45, 2.75) is 19.4 Å². The summed E-state index contributed by atoms with van der Waals surface area (Å²) in [4.78, 5) is 16.9. The molecule has 0 radical (unpaired) electrons. The van der Waals surface area contributed by atoms with Gasteiger partial charge in [-0.3, -0.25) is 9.78 Å². The van der Waals surface area contributed by atoms with Crippen LogP contribution in [-0.4, -0.2) is 22.5 Å². The van der Waals surface area contributed by atoms with Crippen molar-refractivity contribution in [1.29, 1.82) is 0 Å². The highest BCUT2D eigenvalue weighted by atomic mass is 16.4. The van der Waals surface area contributed by atoms with Crippen LogP contribution >= 0.6 is 0 Å². The molecule has 118 valence electrons. The van der Waals surface area contributed by atoms with Crippen molar-refractivity contribution in [3.05, 3.63) is 65.7 Å². The topological polar surface area (TPSA) is 75.4 Å². The van der Waals surface area contributed by atoms with Gasteiger partial charge in [0.15, 0.2) is 0 Å². The molecule has 2 N–H and O–H groups in total. The molecule has 0 spiro atoms. The molecule has 3 rings (SSSR count). The smallest absolute Gasteiger partial charge is 0.253 e. The average molecular weight is 310 g/mol. The maximum atomic E-state index is 12.5. The van der Waals surface area contributed by atoms with E-state index in [9.17, 15) is 9.90 Å². The van der Waals surface area contributed by atoms with Crippen LogP contribution in [0.1, 0.15) is 28.7 Å². The van der Waals surface area contributed by atoms with Crippen LogP contribution in [0.4, 0.5) is 0 Å². The van der Waals surface area contributed by atoms with Crippen LogP contribution in [-0.2, 0) is 5.60 Å². The zero-order valence-electron chi connectivity index (χ0n) is 13.0. The van der Waals surface area contributed by atoms with E-state index in [1.165, 1.54) is 6.26 Å². The minimum atomic E-state index is -1.27. The zero-order valence-corrected chi connectivity index (χ0v) is 13.0. The SMILES string of the molecule is Cc1ccc2cccc(C(=O)NCC(C)(O)c3ccco3)c2n1. The average Bonchev–Trinajstić information content (AvgIpc) is 3.07. The summed E-state index contributed by atoms with van der Waals surface area (Å²) in [6.07, 6.45) is 1.49. The van der Waals surface area contributed by atoms with E-state index in [1.54, 1.807) is 25.1 Å². The predicted octanol–water partition coefficient (Wildman–Crippen LogP) is 2.77. The van der Waals surface area contributed by atoms with Gasteiger partial charge in [0.05, 0.1) is 23.9 Å². The molecule has 1 aromatic carbocycles. The molecule has 5 nitrogen and oxygen atoms in total. The molecule has 1 unspecified atom stereocenters. The lowest BCUT2D eigenvalue weighted by atomic mass is 10.0. The Morgan fingerprint density at radius 2 is 2.09 bits per heavy atom. The number of nitrogens with zero attached hydrogens (tertiary/aromatic N) is 1. The van der Waals surface area contributed by atoms with Gasteiger partial charge in [-0.1, -0.05) is 18.2 Å². The van der Waals surface area contributed by atoms with Gasteiger partial charge in [0.1, 0.15) is 11.4 Å². The molecule has 2 aromatic heterocycles. The number of aryl methyl sites for hydroxylation is 1. The minimum absolute atomic E-state index is 0.0432. The molecule has 23 heavy (non-hydrogen) atoms. The Labute approximate surface area is 134 Å². The number of pyridine rings is 1. The van der Waals surface area contributed by atoms with Crippen LogP contribution < -0.4 is 5.32 Å². The lowest BCUT2D eigenvalue weighted by Gasteiger charge is -2.21. The van der Waals surface area contributed by atoms with Crippen LogP contribution in [0.5, 0.6) is 0 Å². The first-order chi connectivity index (χ1) is 11.0. The van der Waals surface area contributed by atoms with E-state index in [4.69, 9.17) is 4.42 Å². The number of benzene rings is 1. The zero-order chi connectivity index (χ0) is 16.4. The molecule has 0 bridgehead atoms. The molecule has 3 aromatic rings. The Balaban J connectivity index is 1.83. The lowest BCUT2D eigenvalue weighted by molar-refractivity contribution is 0.0330. The molecule has 0 aliphatic rings. The summed E-state index contributed by atoms with van der Waals surface area (Å²) < 4.78 is 5.21. The number of amides is 1. The van der Waals surface area contributed by atoms with E-state index in [2.05, 4.69) is 10.3 Å². The van der Waals surface area contributed by atoms with Gasteiger partial charge in [-0.15, -0.1) is 0 Å². The van der Waals surface area contributed by atoms with Crippen molar-refractivity contribution in [3.63, 3.8) is 0 Å². The van der Waals surface area contributed by atoms with Crippen molar-refractivity contribution in [2.24, 2.45) is 0 Å². The van der Waals surface area contributed by atoms with Crippen molar-refractivity contribution >= 4 is 16.8 Å². The van der Waals surface area contributed by atoms with E-state index < -0.39 is 5.60 Å². The first kappa shape index (κ1) is 15.2. The van der Waals surface area contributed by atoms with E-state index >= 15 is 0 Å². The number of furan rings is 1. The summed E-state index contributed by atoms with van der Waals surface area (Å²) in [5.41, 5.74) is 0.719. The molecule has 0 saturated heterocycles.